The molecule has 0 saturated heterocycles. The van der Waals surface area contributed by atoms with E-state index in [2.05, 4.69) is 5.32 Å². The third-order valence-corrected chi connectivity index (χ3v) is 6.64. The molecule has 10 heteroatoms. The lowest BCUT2D eigenvalue weighted by molar-refractivity contribution is -0.117. The van der Waals surface area contributed by atoms with Crippen LogP contribution in [0.4, 0.5) is 15.8 Å². The van der Waals surface area contributed by atoms with Gasteiger partial charge < -0.3 is 9.88 Å². The lowest BCUT2D eigenvalue weighted by Gasteiger charge is -2.30. The lowest BCUT2D eigenvalue weighted by atomic mass is 10.1. The third-order valence-electron chi connectivity index (χ3n) is 4.48. The zero-order valence-corrected chi connectivity index (χ0v) is 17.7. The van der Waals surface area contributed by atoms with Crippen LogP contribution in [0, 0.1) is 5.82 Å². The summed E-state index contributed by atoms with van der Waals surface area (Å²) in [5, 5.41) is 2.68. The van der Waals surface area contributed by atoms with Gasteiger partial charge in [-0.15, -0.1) is 0 Å². The summed E-state index contributed by atoms with van der Waals surface area (Å²) >= 11 is 1.04. The molecule has 1 N–H and O–H groups in total. The molecular weight excluding hydrogens is 417 g/mol. The molecule has 1 heterocycles. The van der Waals surface area contributed by atoms with E-state index in [1.165, 1.54) is 22.8 Å². The van der Waals surface area contributed by atoms with Crippen molar-refractivity contribution >= 4 is 48.9 Å². The molecular formula is C19H20FN3O4S2. The molecule has 0 saturated carbocycles. The monoisotopic (exact) mass is 437 g/mol. The summed E-state index contributed by atoms with van der Waals surface area (Å²) in [7, 11) is -2.28. The van der Waals surface area contributed by atoms with E-state index in [1.807, 2.05) is 0 Å². The van der Waals surface area contributed by atoms with E-state index in [9.17, 15) is 22.4 Å². The van der Waals surface area contributed by atoms with Gasteiger partial charge in [0.05, 0.1) is 22.2 Å². The summed E-state index contributed by atoms with van der Waals surface area (Å²) in [5.74, 6) is -1.33. The van der Waals surface area contributed by atoms with Gasteiger partial charge in [0.15, 0.2) is 0 Å². The molecule has 0 unspecified atom stereocenters. The van der Waals surface area contributed by atoms with E-state index < -0.39 is 27.8 Å². The number of carbonyl (C=O) groups excluding carboxylic acids is 1. The van der Waals surface area contributed by atoms with Crippen LogP contribution in [0.15, 0.2) is 47.3 Å². The molecule has 7 nitrogen and oxygen atoms in total. The smallest absolute Gasteiger partial charge is 0.307 e. The lowest BCUT2D eigenvalue weighted by Crippen LogP contribution is -2.47. The molecule has 154 valence electrons. The summed E-state index contributed by atoms with van der Waals surface area (Å²) in [6, 6.07) is 9.25. The number of aromatic nitrogens is 1. The molecule has 2 aromatic carbocycles. The molecule has 3 rings (SSSR count). The molecule has 3 aromatic rings. The number of amides is 1. The maximum absolute atomic E-state index is 14.3. The van der Waals surface area contributed by atoms with E-state index in [1.54, 1.807) is 32.2 Å². The van der Waals surface area contributed by atoms with Gasteiger partial charge in [-0.1, -0.05) is 30.4 Å². The average Bonchev–Trinajstić information content (AvgIpc) is 2.93. The maximum atomic E-state index is 14.3. The number of hydrogen-bond acceptors (Lipinski definition) is 5. The van der Waals surface area contributed by atoms with Crippen LogP contribution in [0.1, 0.15) is 13.3 Å². The molecule has 0 fully saturated rings. The first-order valence-corrected chi connectivity index (χ1v) is 11.4. The highest BCUT2D eigenvalue weighted by Crippen LogP contribution is 2.27. The Bertz CT molecular complexity index is 1230. The number of nitrogens with zero attached hydrogens (tertiary/aromatic N) is 2. The van der Waals surface area contributed by atoms with Gasteiger partial charge in [0, 0.05) is 12.7 Å². The second kappa shape index (κ2) is 7.96. The number of hydrogen-bond donors (Lipinski definition) is 1. The van der Waals surface area contributed by atoms with Crippen LogP contribution in [0.25, 0.3) is 10.2 Å². The van der Waals surface area contributed by atoms with E-state index in [4.69, 9.17) is 0 Å². The summed E-state index contributed by atoms with van der Waals surface area (Å²) in [5.41, 5.74) is 0.965. The highest BCUT2D eigenvalue weighted by atomic mass is 32.2. The predicted octanol–water partition coefficient (Wildman–Crippen LogP) is 2.92. The average molecular weight is 438 g/mol. The fourth-order valence-electron chi connectivity index (χ4n) is 3.10. The van der Waals surface area contributed by atoms with Gasteiger partial charge >= 0.3 is 4.87 Å². The minimum atomic E-state index is -3.94. The SMILES string of the molecule is CC[C@H](C(=O)Nc1ccc2c(c1)sc(=O)n2C)N(c1ccccc1F)S(C)(=O)=O. The van der Waals surface area contributed by atoms with E-state index in [0.717, 1.165) is 33.5 Å². The van der Waals surface area contributed by atoms with Crippen LogP contribution in [0.2, 0.25) is 0 Å². The number of rotatable bonds is 6. The number of benzene rings is 2. The number of anilines is 2. The minimum absolute atomic E-state index is 0.127. The van der Waals surface area contributed by atoms with Gasteiger partial charge in [-0.25, -0.2) is 12.8 Å². The van der Waals surface area contributed by atoms with Crippen molar-refractivity contribution in [1.29, 1.82) is 0 Å². The largest absolute Gasteiger partial charge is 0.324 e. The zero-order valence-electron chi connectivity index (χ0n) is 16.0. The number of aryl methyl sites for hydroxylation is 1. The van der Waals surface area contributed by atoms with Crippen molar-refractivity contribution in [2.24, 2.45) is 7.05 Å². The Morgan fingerprint density at radius 1 is 1.28 bits per heavy atom. The van der Waals surface area contributed by atoms with Gasteiger partial charge in [-0.3, -0.25) is 13.9 Å². The molecule has 1 amide bonds. The standard InChI is InChI=1S/C19H20FN3O4S2/c1-4-14(23(29(3,26)27)15-8-6-5-7-13(15)20)18(24)21-12-9-10-16-17(11-12)28-19(25)22(16)2/h5-11,14H,4H2,1-3H3,(H,21,24)/t14-/m1/s1. The van der Waals surface area contributed by atoms with Crippen molar-refractivity contribution in [3.05, 3.63) is 57.9 Å². The number of carbonyl (C=O) groups is 1. The molecule has 1 atom stereocenters. The van der Waals surface area contributed by atoms with E-state index in [-0.39, 0.29) is 17.0 Å². The van der Waals surface area contributed by atoms with Gasteiger partial charge in [0.25, 0.3) is 0 Å². The molecule has 29 heavy (non-hydrogen) atoms. The first kappa shape index (κ1) is 21.0. The molecule has 0 bridgehead atoms. The fraction of sp³-hybridized carbons (Fsp3) is 0.263. The Balaban J connectivity index is 1.96. The number of para-hydroxylation sites is 1. The number of halogens is 1. The van der Waals surface area contributed by atoms with Gasteiger partial charge in [0.2, 0.25) is 15.9 Å². The molecule has 0 spiro atoms. The second-order valence-electron chi connectivity index (χ2n) is 6.53. The van der Waals surface area contributed by atoms with Crippen molar-refractivity contribution in [2.45, 2.75) is 19.4 Å². The Morgan fingerprint density at radius 2 is 1.97 bits per heavy atom. The summed E-state index contributed by atoms with van der Waals surface area (Å²) < 4.78 is 42.1. The van der Waals surface area contributed by atoms with E-state index in [0.29, 0.717) is 10.4 Å². The molecule has 0 aliphatic carbocycles. The topological polar surface area (TPSA) is 88.5 Å². The summed E-state index contributed by atoms with van der Waals surface area (Å²) in [6.07, 6.45) is 1.07. The normalized spacial score (nSPS) is 12.7. The van der Waals surface area contributed by atoms with Crippen LogP contribution >= 0.6 is 11.3 Å². The van der Waals surface area contributed by atoms with Crippen molar-refractivity contribution in [3.63, 3.8) is 0 Å². The highest BCUT2D eigenvalue weighted by Gasteiger charge is 2.33. The minimum Gasteiger partial charge on any atom is -0.324 e. The summed E-state index contributed by atoms with van der Waals surface area (Å²) in [6.45, 7) is 1.65. The molecule has 1 aromatic heterocycles. The third kappa shape index (κ3) is 4.18. The van der Waals surface area contributed by atoms with Gasteiger partial charge in [-0.05, 0) is 36.8 Å². The summed E-state index contributed by atoms with van der Waals surface area (Å²) in [4.78, 5) is 24.6. The van der Waals surface area contributed by atoms with Crippen molar-refractivity contribution in [1.82, 2.24) is 4.57 Å². The van der Waals surface area contributed by atoms with E-state index >= 15 is 0 Å². The van der Waals surface area contributed by atoms with Gasteiger partial charge in [0.1, 0.15) is 11.9 Å². The Hall–Kier alpha value is -2.72. The van der Waals surface area contributed by atoms with Crippen molar-refractivity contribution in [2.75, 3.05) is 15.9 Å². The van der Waals surface area contributed by atoms with Crippen LogP contribution in [0.5, 0.6) is 0 Å². The second-order valence-corrected chi connectivity index (χ2v) is 9.39. The Morgan fingerprint density at radius 3 is 2.59 bits per heavy atom. The van der Waals surface area contributed by atoms with Crippen LogP contribution < -0.4 is 14.5 Å². The van der Waals surface area contributed by atoms with Crippen LogP contribution in [-0.2, 0) is 21.9 Å². The first-order valence-electron chi connectivity index (χ1n) is 8.78. The van der Waals surface area contributed by atoms with Crippen molar-refractivity contribution in [3.8, 4) is 0 Å². The Kier molecular flexibility index (Phi) is 5.76. The fourth-order valence-corrected chi connectivity index (χ4v) is 5.23. The number of sulfonamides is 1. The highest BCUT2D eigenvalue weighted by molar-refractivity contribution is 7.92. The zero-order chi connectivity index (χ0) is 21.3. The number of fused-ring (bicyclic) bond motifs is 1. The van der Waals surface area contributed by atoms with Crippen LogP contribution in [0.3, 0.4) is 0 Å². The molecule has 0 radical (unpaired) electrons. The molecule has 0 aliphatic rings. The number of nitrogens with one attached hydrogen (secondary N) is 1. The Labute approximate surface area is 171 Å². The number of thiazole rings is 1. The first-order chi connectivity index (χ1) is 13.6. The van der Waals surface area contributed by atoms with Crippen LogP contribution in [-0.4, -0.2) is 31.2 Å². The van der Waals surface area contributed by atoms with Crippen molar-refractivity contribution < 1.29 is 17.6 Å². The van der Waals surface area contributed by atoms with Gasteiger partial charge in [-0.2, -0.15) is 0 Å². The predicted molar refractivity (Wildman–Crippen MR) is 113 cm³/mol. The molecule has 0 aliphatic heterocycles. The quantitative estimate of drug-likeness (QED) is 0.642. The maximum Gasteiger partial charge on any atom is 0.307 e.